The average Bonchev–Trinajstić information content (AvgIpc) is 2.84. The van der Waals surface area contributed by atoms with Crippen LogP contribution in [0, 0.1) is 5.92 Å². The van der Waals surface area contributed by atoms with Crippen LogP contribution in [0.3, 0.4) is 0 Å². The van der Waals surface area contributed by atoms with Gasteiger partial charge in [-0.15, -0.1) is 0 Å². The molecule has 3 atom stereocenters. The zero-order chi connectivity index (χ0) is 15.9. The second kappa shape index (κ2) is 6.36. The number of carbonyl (C=O) groups is 1. The highest BCUT2D eigenvalue weighted by atomic mass is 35.5. The van der Waals surface area contributed by atoms with Crippen LogP contribution in [0.5, 0.6) is 0 Å². The molecule has 2 fully saturated rings. The van der Waals surface area contributed by atoms with E-state index in [2.05, 4.69) is 4.90 Å². The maximum absolute atomic E-state index is 12.8. The fraction of sp³-hybridized carbons (Fsp3) is 0.562. The number of nitrogens with zero attached hydrogens (tertiary/aromatic N) is 2. The number of aliphatic hydroxyl groups is 1. The Labute approximate surface area is 140 Å². The standard InChI is InChI=1S/C16H20Cl2N2O2/c1-10-9-19(6-5-15(10)21)14-4-7-20(16(14)22)13-3-2-11(17)8-12(13)18/h2-3,8,10,14-15,21H,4-7,9H2,1H3/t10-,14-,15+/m1/s1. The van der Waals surface area contributed by atoms with Crippen LogP contribution >= 0.6 is 23.2 Å². The fourth-order valence-electron chi connectivity index (χ4n) is 3.39. The van der Waals surface area contributed by atoms with Gasteiger partial charge in [0.05, 0.1) is 22.9 Å². The van der Waals surface area contributed by atoms with E-state index in [1.807, 2.05) is 6.92 Å². The Morgan fingerprint density at radius 2 is 2.00 bits per heavy atom. The minimum atomic E-state index is -0.255. The van der Waals surface area contributed by atoms with Crippen molar-refractivity contribution in [2.45, 2.75) is 31.9 Å². The zero-order valence-electron chi connectivity index (χ0n) is 12.5. The second-order valence-electron chi connectivity index (χ2n) is 6.22. The van der Waals surface area contributed by atoms with E-state index in [9.17, 15) is 9.90 Å². The Hall–Kier alpha value is -0.810. The number of piperidine rings is 1. The summed E-state index contributed by atoms with van der Waals surface area (Å²) in [7, 11) is 0. The molecule has 6 heteroatoms. The number of rotatable bonds is 2. The van der Waals surface area contributed by atoms with E-state index < -0.39 is 0 Å². The summed E-state index contributed by atoms with van der Waals surface area (Å²) in [6, 6.07) is 5.11. The van der Waals surface area contributed by atoms with Crippen LogP contribution in [0.2, 0.25) is 10.0 Å². The van der Waals surface area contributed by atoms with Gasteiger partial charge in [0.2, 0.25) is 5.91 Å². The summed E-state index contributed by atoms with van der Waals surface area (Å²) in [6.07, 6.45) is 1.27. The van der Waals surface area contributed by atoms with Crippen LogP contribution in [0.1, 0.15) is 19.8 Å². The lowest BCUT2D eigenvalue weighted by Gasteiger charge is -2.37. The van der Waals surface area contributed by atoms with E-state index in [4.69, 9.17) is 23.2 Å². The largest absolute Gasteiger partial charge is 0.393 e. The first kappa shape index (κ1) is 16.1. The second-order valence-corrected chi connectivity index (χ2v) is 7.06. The molecule has 2 heterocycles. The number of hydrogen-bond acceptors (Lipinski definition) is 3. The summed E-state index contributed by atoms with van der Waals surface area (Å²) in [4.78, 5) is 16.7. The van der Waals surface area contributed by atoms with Crippen molar-refractivity contribution in [2.24, 2.45) is 5.92 Å². The molecular formula is C16H20Cl2N2O2. The molecule has 0 aliphatic carbocycles. The summed E-state index contributed by atoms with van der Waals surface area (Å²) < 4.78 is 0. The topological polar surface area (TPSA) is 43.8 Å². The van der Waals surface area contributed by atoms with E-state index in [1.165, 1.54) is 0 Å². The highest BCUT2D eigenvalue weighted by molar-refractivity contribution is 6.36. The van der Waals surface area contributed by atoms with Crippen molar-refractivity contribution < 1.29 is 9.90 Å². The van der Waals surface area contributed by atoms with Crippen LogP contribution in [0.15, 0.2) is 18.2 Å². The molecule has 4 nitrogen and oxygen atoms in total. The van der Waals surface area contributed by atoms with Crippen molar-refractivity contribution in [1.29, 1.82) is 0 Å². The Morgan fingerprint density at radius 3 is 2.68 bits per heavy atom. The van der Waals surface area contributed by atoms with Crippen molar-refractivity contribution in [3.05, 3.63) is 28.2 Å². The minimum absolute atomic E-state index is 0.0906. The smallest absolute Gasteiger partial charge is 0.244 e. The molecule has 0 saturated carbocycles. The van der Waals surface area contributed by atoms with Crippen molar-refractivity contribution in [1.82, 2.24) is 4.90 Å². The first-order valence-electron chi connectivity index (χ1n) is 7.66. The van der Waals surface area contributed by atoms with E-state index in [0.29, 0.717) is 16.6 Å². The molecule has 3 rings (SSSR count). The van der Waals surface area contributed by atoms with Crippen LogP contribution < -0.4 is 4.90 Å². The van der Waals surface area contributed by atoms with Crippen LogP contribution in [-0.4, -0.2) is 47.7 Å². The van der Waals surface area contributed by atoms with Crippen molar-refractivity contribution in [3.63, 3.8) is 0 Å². The SMILES string of the molecule is C[C@@H]1CN([C@@H]2CCN(c3ccc(Cl)cc3Cl)C2=O)CC[C@@H]1O. The van der Waals surface area contributed by atoms with E-state index in [0.717, 1.165) is 31.6 Å². The van der Waals surface area contributed by atoms with Crippen molar-refractivity contribution in [3.8, 4) is 0 Å². The molecule has 1 aromatic rings. The Bertz CT molecular complexity index is 581. The fourth-order valence-corrected chi connectivity index (χ4v) is 3.90. The molecule has 1 aromatic carbocycles. The number of anilines is 1. The molecule has 1 N–H and O–H groups in total. The first-order chi connectivity index (χ1) is 10.5. The average molecular weight is 343 g/mol. The van der Waals surface area contributed by atoms with E-state index in [1.54, 1.807) is 23.1 Å². The van der Waals surface area contributed by atoms with Gasteiger partial charge in [-0.1, -0.05) is 30.1 Å². The zero-order valence-corrected chi connectivity index (χ0v) is 14.0. The molecule has 2 aliphatic heterocycles. The monoisotopic (exact) mass is 342 g/mol. The third kappa shape index (κ3) is 2.98. The van der Waals surface area contributed by atoms with Gasteiger partial charge in [-0.05, 0) is 37.0 Å². The maximum atomic E-state index is 12.8. The molecule has 2 aliphatic rings. The number of likely N-dealkylation sites (tertiary alicyclic amines) is 1. The lowest BCUT2D eigenvalue weighted by molar-refractivity contribution is -0.123. The number of carbonyl (C=O) groups excluding carboxylic acids is 1. The molecule has 0 radical (unpaired) electrons. The van der Waals surface area contributed by atoms with Gasteiger partial charge in [-0.25, -0.2) is 0 Å². The first-order valence-corrected chi connectivity index (χ1v) is 8.41. The molecule has 22 heavy (non-hydrogen) atoms. The Morgan fingerprint density at radius 1 is 1.23 bits per heavy atom. The van der Waals surface area contributed by atoms with Gasteiger partial charge in [-0.3, -0.25) is 9.69 Å². The number of amides is 1. The molecule has 2 saturated heterocycles. The molecule has 120 valence electrons. The number of hydrogen-bond donors (Lipinski definition) is 1. The highest BCUT2D eigenvalue weighted by Crippen LogP contribution is 2.33. The van der Waals surface area contributed by atoms with Gasteiger partial charge in [0.25, 0.3) is 0 Å². The summed E-state index contributed by atoms with van der Waals surface area (Å²) in [5.74, 6) is 0.294. The quantitative estimate of drug-likeness (QED) is 0.898. The molecule has 0 bridgehead atoms. The van der Waals surface area contributed by atoms with Gasteiger partial charge in [-0.2, -0.15) is 0 Å². The molecule has 0 aromatic heterocycles. The van der Waals surface area contributed by atoms with E-state index in [-0.39, 0.29) is 24.0 Å². The lowest BCUT2D eigenvalue weighted by Crippen LogP contribution is -2.49. The van der Waals surface area contributed by atoms with Gasteiger partial charge >= 0.3 is 0 Å². The maximum Gasteiger partial charge on any atom is 0.244 e. The number of halogens is 2. The van der Waals surface area contributed by atoms with Crippen LogP contribution in [-0.2, 0) is 4.79 Å². The minimum Gasteiger partial charge on any atom is -0.393 e. The third-order valence-corrected chi connectivity index (χ3v) is 5.25. The van der Waals surface area contributed by atoms with Gasteiger partial charge in [0.15, 0.2) is 0 Å². The molecule has 0 unspecified atom stereocenters. The van der Waals surface area contributed by atoms with Gasteiger partial charge in [0.1, 0.15) is 0 Å². The predicted octanol–water partition coefficient (Wildman–Crippen LogP) is 2.80. The highest BCUT2D eigenvalue weighted by Gasteiger charge is 2.39. The lowest BCUT2D eigenvalue weighted by atomic mass is 9.95. The normalized spacial score (nSPS) is 30.1. The summed E-state index contributed by atoms with van der Waals surface area (Å²) in [6.45, 7) is 4.23. The number of benzene rings is 1. The van der Waals surface area contributed by atoms with Crippen molar-refractivity contribution in [2.75, 3.05) is 24.5 Å². The van der Waals surface area contributed by atoms with Gasteiger partial charge < -0.3 is 10.0 Å². The summed E-state index contributed by atoms with van der Waals surface area (Å²) in [5.41, 5.74) is 0.726. The Kier molecular flexibility index (Phi) is 4.64. The van der Waals surface area contributed by atoms with Crippen LogP contribution in [0.25, 0.3) is 0 Å². The number of aliphatic hydroxyl groups excluding tert-OH is 1. The summed E-state index contributed by atoms with van der Waals surface area (Å²) in [5, 5.41) is 10.9. The summed E-state index contributed by atoms with van der Waals surface area (Å²) >= 11 is 12.1. The van der Waals surface area contributed by atoms with Crippen LogP contribution in [0.4, 0.5) is 5.69 Å². The molecule has 1 amide bonds. The third-order valence-electron chi connectivity index (χ3n) is 4.71. The molecular weight excluding hydrogens is 323 g/mol. The Balaban J connectivity index is 1.75. The van der Waals surface area contributed by atoms with E-state index >= 15 is 0 Å². The molecule has 0 spiro atoms. The predicted molar refractivity (Wildman–Crippen MR) is 88.6 cm³/mol. The van der Waals surface area contributed by atoms with Crippen molar-refractivity contribution >= 4 is 34.8 Å². The van der Waals surface area contributed by atoms with Gasteiger partial charge in [0, 0.05) is 24.7 Å².